The normalized spacial score (nSPS) is 17.1. The van der Waals surface area contributed by atoms with Gasteiger partial charge in [0.25, 0.3) is 0 Å². The van der Waals surface area contributed by atoms with Crippen molar-refractivity contribution in [3.05, 3.63) is 71.3 Å². The third-order valence-corrected chi connectivity index (χ3v) is 4.42. The highest BCUT2D eigenvalue weighted by atomic mass is 16.5. The summed E-state index contributed by atoms with van der Waals surface area (Å²) in [5.74, 6) is 0. The Hall–Kier alpha value is -1.68. The van der Waals surface area contributed by atoms with Gasteiger partial charge in [-0.15, -0.1) is 0 Å². The van der Waals surface area contributed by atoms with E-state index in [1.165, 1.54) is 16.7 Å². The van der Waals surface area contributed by atoms with Gasteiger partial charge in [-0.3, -0.25) is 4.90 Å². The molecule has 3 rings (SSSR count). The van der Waals surface area contributed by atoms with E-state index >= 15 is 0 Å². The second-order valence-electron chi connectivity index (χ2n) is 6.19. The maximum absolute atomic E-state index is 5.51. The molecular formula is C20H26N2O. The Morgan fingerprint density at radius 1 is 1.04 bits per heavy atom. The Morgan fingerprint density at radius 2 is 1.83 bits per heavy atom. The summed E-state index contributed by atoms with van der Waals surface area (Å²) in [6.45, 7) is 7.69. The van der Waals surface area contributed by atoms with Crippen molar-refractivity contribution in [2.45, 2.75) is 19.5 Å². The lowest BCUT2D eigenvalue weighted by atomic mass is 10.0. The smallest absolute Gasteiger partial charge is 0.0594 e. The van der Waals surface area contributed by atoms with Crippen molar-refractivity contribution in [1.29, 1.82) is 0 Å². The Kier molecular flexibility index (Phi) is 5.81. The molecule has 0 amide bonds. The Morgan fingerprint density at radius 3 is 2.57 bits per heavy atom. The molecule has 0 spiro atoms. The molecule has 1 aliphatic rings. The molecule has 3 nitrogen and oxygen atoms in total. The number of nitrogens with one attached hydrogen (secondary N) is 1. The number of hydrogen-bond acceptors (Lipinski definition) is 3. The SMILES string of the molecule is Cc1cccc(CNCC(c2ccccc2)N2CCOCC2)c1. The van der Waals surface area contributed by atoms with Crippen LogP contribution in [0.1, 0.15) is 22.7 Å². The molecule has 1 saturated heterocycles. The van der Waals surface area contributed by atoms with Crippen LogP contribution in [-0.4, -0.2) is 37.7 Å². The summed E-state index contributed by atoms with van der Waals surface area (Å²) in [6, 6.07) is 19.9. The Bertz CT molecular complexity index is 594. The van der Waals surface area contributed by atoms with Crippen LogP contribution >= 0.6 is 0 Å². The summed E-state index contributed by atoms with van der Waals surface area (Å²) in [7, 11) is 0. The zero-order chi connectivity index (χ0) is 15.9. The molecule has 1 fully saturated rings. The largest absolute Gasteiger partial charge is 0.379 e. The molecule has 2 aromatic carbocycles. The molecule has 1 unspecified atom stereocenters. The van der Waals surface area contributed by atoms with Crippen LogP contribution < -0.4 is 5.32 Å². The van der Waals surface area contributed by atoms with Crippen molar-refractivity contribution in [1.82, 2.24) is 10.2 Å². The quantitative estimate of drug-likeness (QED) is 0.887. The van der Waals surface area contributed by atoms with Crippen LogP contribution in [0, 0.1) is 6.92 Å². The van der Waals surface area contributed by atoms with E-state index in [-0.39, 0.29) is 0 Å². The highest BCUT2D eigenvalue weighted by Crippen LogP contribution is 2.21. The number of benzene rings is 2. The molecule has 1 atom stereocenters. The lowest BCUT2D eigenvalue weighted by Gasteiger charge is -2.35. The van der Waals surface area contributed by atoms with Gasteiger partial charge in [0.15, 0.2) is 0 Å². The second kappa shape index (κ2) is 8.25. The predicted molar refractivity (Wildman–Crippen MR) is 94.5 cm³/mol. The summed E-state index contributed by atoms with van der Waals surface area (Å²) in [5, 5.41) is 3.64. The highest BCUT2D eigenvalue weighted by Gasteiger charge is 2.22. The van der Waals surface area contributed by atoms with Crippen LogP contribution in [0.25, 0.3) is 0 Å². The van der Waals surface area contributed by atoms with Gasteiger partial charge in [0.2, 0.25) is 0 Å². The lowest BCUT2D eigenvalue weighted by molar-refractivity contribution is 0.0161. The molecule has 1 heterocycles. The van der Waals surface area contributed by atoms with Crippen LogP contribution in [0.2, 0.25) is 0 Å². The van der Waals surface area contributed by atoms with Crippen molar-refractivity contribution in [2.75, 3.05) is 32.8 Å². The van der Waals surface area contributed by atoms with Crippen LogP contribution in [0.5, 0.6) is 0 Å². The van der Waals surface area contributed by atoms with Crippen molar-refractivity contribution in [3.8, 4) is 0 Å². The molecule has 1 N–H and O–H groups in total. The van der Waals surface area contributed by atoms with Crippen molar-refractivity contribution in [2.24, 2.45) is 0 Å². The predicted octanol–water partition coefficient (Wildman–Crippen LogP) is 3.16. The van der Waals surface area contributed by atoms with E-state index in [1.54, 1.807) is 0 Å². The molecule has 0 radical (unpaired) electrons. The van der Waals surface area contributed by atoms with Gasteiger partial charge in [-0.25, -0.2) is 0 Å². The summed E-state index contributed by atoms with van der Waals surface area (Å²) in [4.78, 5) is 2.53. The minimum atomic E-state index is 0.407. The average Bonchev–Trinajstić information content (AvgIpc) is 2.60. The summed E-state index contributed by atoms with van der Waals surface area (Å²) in [6.07, 6.45) is 0. The lowest BCUT2D eigenvalue weighted by Crippen LogP contribution is -2.42. The third-order valence-electron chi connectivity index (χ3n) is 4.42. The molecule has 1 aliphatic heterocycles. The summed E-state index contributed by atoms with van der Waals surface area (Å²) in [5.41, 5.74) is 4.04. The highest BCUT2D eigenvalue weighted by molar-refractivity contribution is 5.22. The van der Waals surface area contributed by atoms with E-state index in [0.29, 0.717) is 6.04 Å². The molecule has 0 saturated carbocycles. The minimum Gasteiger partial charge on any atom is -0.379 e. The van der Waals surface area contributed by atoms with Gasteiger partial charge in [0, 0.05) is 32.2 Å². The molecular weight excluding hydrogens is 284 g/mol. The fourth-order valence-corrected chi connectivity index (χ4v) is 3.20. The molecule has 0 aliphatic carbocycles. The summed E-state index contributed by atoms with van der Waals surface area (Å²) < 4.78 is 5.51. The second-order valence-corrected chi connectivity index (χ2v) is 6.19. The average molecular weight is 310 g/mol. The van der Waals surface area contributed by atoms with Gasteiger partial charge in [0.05, 0.1) is 13.2 Å². The molecule has 122 valence electrons. The van der Waals surface area contributed by atoms with Gasteiger partial charge in [-0.2, -0.15) is 0 Å². The zero-order valence-electron chi connectivity index (χ0n) is 13.9. The van der Waals surface area contributed by atoms with Gasteiger partial charge in [0.1, 0.15) is 0 Å². The van der Waals surface area contributed by atoms with Gasteiger partial charge in [-0.05, 0) is 18.1 Å². The van der Waals surface area contributed by atoms with E-state index in [9.17, 15) is 0 Å². The monoisotopic (exact) mass is 310 g/mol. The van der Waals surface area contributed by atoms with Crippen LogP contribution in [0.4, 0.5) is 0 Å². The summed E-state index contributed by atoms with van der Waals surface area (Å²) >= 11 is 0. The maximum Gasteiger partial charge on any atom is 0.0594 e. The first-order valence-corrected chi connectivity index (χ1v) is 8.46. The van der Waals surface area contributed by atoms with Gasteiger partial charge >= 0.3 is 0 Å². The van der Waals surface area contributed by atoms with E-state index in [2.05, 4.69) is 71.7 Å². The Balaban J connectivity index is 1.64. The molecule has 0 bridgehead atoms. The van der Waals surface area contributed by atoms with Crippen molar-refractivity contribution < 1.29 is 4.74 Å². The van der Waals surface area contributed by atoms with Crippen LogP contribution in [0.15, 0.2) is 54.6 Å². The fraction of sp³-hybridized carbons (Fsp3) is 0.400. The third kappa shape index (κ3) is 4.64. The minimum absolute atomic E-state index is 0.407. The number of ether oxygens (including phenoxy) is 1. The molecule has 3 heteroatoms. The van der Waals surface area contributed by atoms with E-state index < -0.39 is 0 Å². The first-order valence-electron chi connectivity index (χ1n) is 8.46. The number of hydrogen-bond donors (Lipinski definition) is 1. The number of aryl methyl sites for hydroxylation is 1. The number of morpholine rings is 1. The maximum atomic E-state index is 5.51. The first kappa shape index (κ1) is 16.2. The first-order chi connectivity index (χ1) is 11.3. The van der Waals surface area contributed by atoms with Crippen LogP contribution in [-0.2, 0) is 11.3 Å². The van der Waals surface area contributed by atoms with E-state index in [4.69, 9.17) is 4.74 Å². The zero-order valence-corrected chi connectivity index (χ0v) is 13.9. The number of rotatable bonds is 6. The fourth-order valence-electron chi connectivity index (χ4n) is 3.20. The topological polar surface area (TPSA) is 24.5 Å². The molecule has 0 aromatic heterocycles. The van der Waals surface area contributed by atoms with Gasteiger partial charge < -0.3 is 10.1 Å². The van der Waals surface area contributed by atoms with E-state index in [1.807, 2.05) is 0 Å². The van der Waals surface area contributed by atoms with Crippen LogP contribution in [0.3, 0.4) is 0 Å². The van der Waals surface area contributed by atoms with E-state index in [0.717, 1.165) is 39.4 Å². The molecule has 2 aromatic rings. The standard InChI is InChI=1S/C20H26N2O/c1-17-6-5-7-18(14-17)15-21-16-20(19-8-3-2-4-9-19)22-10-12-23-13-11-22/h2-9,14,20-21H,10-13,15-16H2,1H3. The number of nitrogens with zero attached hydrogens (tertiary/aromatic N) is 1. The Labute approximate surface area is 139 Å². The van der Waals surface area contributed by atoms with Crippen molar-refractivity contribution in [3.63, 3.8) is 0 Å². The van der Waals surface area contributed by atoms with Crippen molar-refractivity contribution >= 4 is 0 Å². The van der Waals surface area contributed by atoms with Gasteiger partial charge in [-0.1, -0.05) is 60.2 Å². The molecule has 23 heavy (non-hydrogen) atoms.